The van der Waals surface area contributed by atoms with Crippen LogP contribution in [0.25, 0.3) is 77.2 Å². The van der Waals surface area contributed by atoms with Gasteiger partial charge in [0.05, 0.1) is 56.7 Å². The summed E-state index contributed by atoms with van der Waals surface area (Å²) < 4.78 is 4.72. The van der Waals surface area contributed by atoms with Crippen molar-refractivity contribution in [3.8, 4) is 57.9 Å². The van der Waals surface area contributed by atoms with Crippen LogP contribution < -0.4 is 15.5 Å². The molecule has 3 aliphatic rings. The number of nitrogens with zero attached hydrogens (tertiary/aromatic N) is 7. The number of benzene rings is 9. The molecule has 3 aliphatic heterocycles. The summed E-state index contributed by atoms with van der Waals surface area (Å²) in [6.45, 7) is 1.78. The molecule has 9 nitrogen and oxygen atoms in total. The first kappa shape index (κ1) is 45.8. The van der Waals surface area contributed by atoms with Crippen LogP contribution in [0.5, 0.6) is 0 Å². The number of nitriles is 4. The molecule has 2 N–H and O–H groups in total. The van der Waals surface area contributed by atoms with E-state index in [0.29, 0.717) is 45.9 Å². The van der Waals surface area contributed by atoms with Crippen molar-refractivity contribution in [2.45, 2.75) is 37.0 Å². The molecule has 6 unspecified atom stereocenters. The van der Waals surface area contributed by atoms with E-state index in [9.17, 15) is 21.0 Å². The van der Waals surface area contributed by atoms with Crippen LogP contribution >= 0.6 is 0 Å². The predicted octanol–water partition coefficient (Wildman–Crippen LogP) is 14.0. The lowest BCUT2D eigenvalue weighted by molar-refractivity contribution is 0.192. The first-order valence-electron chi connectivity index (χ1n) is 26.4. The van der Waals surface area contributed by atoms with Crippen LogP contribution in [0.4, 0.5) is 5.69 Å². The number of para-hydroxylation sites is 3. The SMILES string of the molecule is N#Cc1ccc(-c2ccc(-n3c4ccccc4c4cc(C5CNC6C(C5)C5CC(c7ccc8c(c7)c7ccccc7n8-c7ccc(-c8ccc(C#N)c(C#N)c8)cc7)CNC5N6c5ccccc5)ccc43)cc2)cc1C#N. The van der Waals surface area contributed by atoms with Crippen molar-refractivity contribution in [1.82, 2.24) is 19.8 Å². The van der Waals surface area contributed by atoms with Crippen LogP contribution in [0.1, 0.15) is 58.1 Å². The summed E-state index contributed by atoms with van der Waals surface area (Å²) in [6.07, 6.45) is 2.58. The third-order valence-corrected chi connectivity index (χ3v) is 17.0. The monoisotopic (exact) mass is 991 g/mol. The number of hydrogen-bond donors (Lipinski definition) is 2. The molecule has 2 aromatic heterocycles. The van der Waals surface area contributed by atoms with E-state index in [1.807, 2.05) is 12.1 Å². The second-order valence-electron chi connectivity index (χ2n) is 21.0. The number of piperidine rings is 2. The second kappa shape index (κ2) is 18.6. The van der Waals surface area contributed by atoms with E-state index in [0.717, 1.165) is 70.6 Å². The lowest BCUT2D eigenvalue weighted by atomic mass is 9.73. The summed E-state index contributed by atoms with van der Waals surface area (Å²) in [7, 11) is 0. The molecular formula is C68H49N9. The number of anilines is 1. The van der Waals surface area contributed by atoms with E-state index in [2.05, 4.69) is 213 Å². The average Bonchev–Trinajstić information content (AvgIpc) is 4.29. The van der Waals surface area contributed by atoms with Gasteiger partial charge in [-0.25, -0.2) is 0 Å². The van der Waals surface area contributed by atoms with Crippen molar-refractivity contribution in [2.24, 2.45) is 11.8 Å². The Balaban J connectivity index is 0.769. The smallest absolute Gasteiger partial charge is 0.101 e. The van der Waals surface area contributed by atoms with E-state index in [4.69, 9.17) is 0 Å². The zero-order chi connectivity index (χ0) is 51.7. The molecular weight excluding hydrogens is 943 g/mol. The van der Waals surface area contributed by atoms with Crippen LogP contribution in [0.15, 0.2) is 200 Å². The lowest BCUT2D eigenvalue weighted by Crippen LogP contribution is -2.55. The van der Waals surface area contributed by atoms with Gasteiger partial charge in [-0.15, -0.1) is 0 Å². The number of hydrogen-bond acceptors (Lipinski definition) is 7. The molecule has 5 heterocycles. The molecule has 0 bridgehead atoms. The third kappa shape index (κ3) is 7.56. The third-order valence-electron chi connectivity index (χ3n) is 17.0. The minimum absolute atomic E-state index is 0.205. The van der Waals surface area contributed by atoms with Gasteiger partial charge in [0.15, 0.2) is 0 Å². The lowest BCUT2D eigenvalue weighted by Gasteiger charge is -2.39. The maximum Gasteiger partial charge on any atom is 0.101 e. The molecule has 0 spiro atoms. The number of fused-ring (bicyclic) bond motifs is 9. The van der Waals surface area contributed by atoms with Gasteiger partial charge >= 0.3 is 0 Å². The van der Waals surface area contributed by atoms with Gasteiger partial charge in [0.1, 0.15) is 24.3 Å². The molecule has 366 valence electrons. The Labute approximate surface area is 446 Å². The highest BCUT2D eigenvalue weighted by Gasteiger charge is 2.53. The van der Waals surface area contributed by atoms with Gasteiger partial charge in [-0.2, -0.15) is 21.0 Å². The molecule has 0 amide bonds. The predicted molar refractivity (Wildman–Crippen MR) is 305 cm³/mol. The zero-order valence-corrected chi connectivity index (χ0v) is 42.0. The Bertz CT molecular complexity index is 4070. The van der Waals surface area contributed by atoms with E-state index in [1.54, 1.807) is 24.3 Å². The summed E-state index contributed by atoms with van der Waals surface area (Å²) in [5.74, 6) is 1.49. The Kier molecular flexibility index (Phi) is 11.1. The molecule has 9 heteroatoms. The summed E-state index contributed by atoms with van der Waals surface area (Å²) in [5, 5.41) is 51.6. The van der Waals surface area contributed by atoms with E-state index < -0.39 is 0 Å². The van der Waals surface area contributed by atoms with Crippen LogP contribution in [0.2, 0.25) is 0 Å². The fourth-order valence-corrected chi connectivity index (χ4v) is 13.4. The maximum atomic E-state index is 9.68. The molecule has 0 radical (unpaired) electrons. The molecule has 9 aromatic carbocycles. The van der Waals surface area contributed by atoms with Gasteiger partial charge in [-0.05, 0) is 167 Å². The standard InChI is InChI=1S/C68H49N9/c69-36-48-16-14-44(30-50(48)38-71)42-18-24-55(25-19-42)75-63-12-6-4-10-57(63)59-32-46(22-28-65(59)75)52-34-61-62-35-53(41-74-68(62)77(67(61)73-40-52)54-8-2-1-3-9-54)47-23-29-66-60(33-47)58-11-5-7-13-64(58)76(66)56-26-20-43(21-27-56)45-15-17-49(37-70)51(31-45)39-72/h1-33,52-53,61-62,67-68,73-74H,34-35,40-41H2. The number of aromatic nitrogens is 2. The molecule has 3 fully saturated rings. The fourth-order valence-electron chi connectivity index (χ4n) is 13.4. The van der Waals surface area contributed by atoms with Crippen molar-refractivity contribution in [1.29, 1.82) is 21.0 Å². The maximum absolute atomic E-state index is 9.68. The molecule has 3 saturated heterocycles. The van der Waals surface area contributed by atoms with Crippen LogP contribution in [-0.2, 0) is 0 Å². The Hall–Kier alpha value is -9.74. The van der Waals surface area contributed by atoms with Crippen molar-refractivity contribution in [2.75, 3.05) is 18.0 Å². The first-order valence-corrected chi connectivity index (χ1v) is 26.4. The summed E-state index contributed by atoms with van der Waals surface area (Å²) in [4.78, 5) is 2.65. The highest BCUT2D eigenvalue weighted by atomic mass is 15.4. The van der Waals surface area contributed by atoms with Crippen LogP contribution in [0, 0.1) is 57.2 Å². The fraction of sp³-hybridized carbons (Fsp3) is 0.147. The zero-order valence-electron chi connectivity index (χ0n) is 42.0. The Morgan fingerprint density at radius 3 is 1.19 bits per heavy atom. The minimum atomic E-state index is 0.205. The second-order valence-corrected chi connectivity index (χ2v) is 21.0. The van der Waals surface area contributed by atoms with Crippen LogP contribution in [-0.4, -0.2) is 34.6 Å². The van der Waals surface area contributed by atoms with E-state index in [-0.39, 0.29) is 12.3 Å². The summed E-state index contributed by atoms with van der Waals surface area (Å²) >= 11 is 0. The normalized spacial score (nSPS) is 19.8. The van der Waals surface area contributed by atoms with Gasteiger partial charge in [-0.3, -0.25) is 10.6 Å². The van der Waals surface area contributed by atoms with Gasteiger partial charge in [0.2, 0.25) is 0 Å². The van der Waals surface area contributed by atoms with Crippen molar-refractivity contribution < 1.29 is 0 Å². The molecule has 14 rings (SSSR count). The largest absolute Gasteiger partial charge is 0.340 e. The van der Waals surface area contributed by atoms with Crippen LogP contribution in [0.3, 0.4) is 0 Å². The molecule has 0 saturated carbocycles. The van der Waals surface area contributed by atoms with Gasteiger partial charge in [-0.1, -0.05) is 103 Å². The number of nitrogens with one attached hydrogen (secondary N) is 2. The quantitative estimate of drug-likeness (QED) is 0.162. The van der Waals surface area contributed by atoms with Gasteiger partial charge in [0, 0.05) is 51.7 Å². The number of rotatable bonds is 7. The average molecular weight is 992 g/mol. The highest BCUT2D eigenvalue weighted by molar-refractivity contribution is 6.10. The summed E-state index contributed by atoms with van der Waals surface area (Å²) in [6, 6.07) is 79.1. The summed E-state index contributed by atoms with van der Waals surface area (Å²) in [5.41, 5.74) is 16.1. The highest BCUT2D eigenvalue weighted by Crippen LogP contribution is 2.50. The van der Waals surface area contributed by atoms with E-state index in [1.165, 1.54) is 49.4 Å². The Morgan fingerprint density at radius 1 is 0.351 bits per heavy atom. The van der Waals surface area contributed by atoms with Crippen molar-refractivity contribution in [3.05, 3.63) is 234 Å². The molecule has 0 aliphatic carbocycles. The topological polar surface area (TPSA) is 132 Å². The van der Waals surface area contributed by atoms with Gasteiger partial charge in [0.25, 0.3) is 0 Å². The first-order chi connectivity index (χ1) is 38.0. The minimum Gasteiger partial charge on any atom is -0.340 e. The molecule has 6 atom stereocenters. The van der Waals surface area contributed by atoms with E-state index >= 15 is 0 Å². The van der Waals surface area contributed by atoms with Crippen molar-refractivity contribution in [3.63, 3.8) is 0 Å². The molecule has 11 aromatic rings. The molecule has 77 heavy (non-hydrogen) atoms. The van der Waals surface area contributed by atoms with Crippen molar-refractivity contribution >= 4 is 49.3 Å². The van der Waals surface area contributed by atoms with Gasteiger partial charge < -0.3 is 14.0 Å². The Morgan fingerprint density at radius 2 is 0.753 bits per heavy atom.